The van der Waals surface area contributed by atoms with Crippen LogP contribution in [0.3, 0.4) is 0 Å². The zero-order valence-corrected chi connectivity index (χ0v) is 13.6. The Kier molecular flexibility index (Phi) is 5.01. The van der Waals surface area contributed by atoms with Gasteiger partial charge in [-0.2, -0.15) is 0 Å². The smallest absolute Gasteiger partial charge is 0.253 e. The number of hydrogen-bond acceptors (Lipinski definition) is 4. The van der Waals surface area contributed by atoms with Crippen LogP contribution in [0.15, 0.2) is 27.8 Å². The molecule has 0 bridgehead atoms. The van der Waals surface area contributed by atoms with Gasteiger partial charge in [-0.1, -0.05) is 32.9 Å². The summed E-state index contributed by atoms with van der Waals surface area (Å²) in [6.07, 6.45) is 4.03. The first-order valence-electron chi connectivity index (χ1n) is 8.11. The van der Waals surface area contributed by atoms with Gasteiger partial charge in [0.25, 0.3) is 10.9 Å². The summed E-state index contributed by atoms with van der Waals surface area (Å²) in [5, 5.41) is 0. The van der Waals surface area contributed by atoms with E-state index >= 15 is 0 Å². The summed E-state index contributed by atoms with van der Waals surface area (Å²) in [5.41, 5.74) is 8.75. The molecule has 0 unspecified atom stereocenters. The predicted octanol–water partition coefficient (Wildman–Crippen LogP) is 2.93. The standard InChI is InChI=1S/C16H18N2O2.C2H6/c1-2-10-6-7-11-5-3-4-8-18(12(11)9-10)14-13(17)15(19)16(14)20;1-2/h6-7,9H,2-5,8,17H2,1H3;1-2H3. The van der Waals surface area contributed by atoms with Crippen LogP contribution >= 0.6 is 0 Å². The van der Waals surface area contributed by atoms with Crippen molar-refractivity contribution in [1.29, 1.82) is 0 Å². The molecule has 2 aromatic rings. The fourth-order valence-electron chi connectivity index (χ4n) is 2.90. The fourth-order valence-corrected chi connectivity index (χ4v) is 2.90. The molecule has 0 radical (unpaired) electrons. The second kappa shape index (κ2) is 6.77. The molecule has 0 aliphatic carbocycles. The van der Waals surface area contributed by atoms with Crippen LogP contribution < -0.4 is 21.5 Å². The zero-order valence-electron chi connectivity index (χ0n) is 13.6. The van der Waals surface area contributed by atoms with E-state index in [1.807, 2.05) is 18.7 Å². The summed E-state index contributed by atoms with van der Waals surface area (Å²) in [6.45, 7) is 6.85. The van der Waals surface area contributed by atoms with Gasteiger partial charge in [0.15, 0.2) is 0 Å². The molecule has 2 N–H and O–H groups in total. The Labute approximate surface area is 131 Å². The molecule has 0 fully saturated rings. The Morgan fingerprint density at radius 1 is 1.14 bits per heavy atom. The van der Waals surface area contributed by atoms with Crippen molar-refractivity contribution in [3.8, 4) is 0 Å². The molecule has 1 heterocycles. The van der Waals surface area contributed by atoms with Crippen LogP contribution in [0.2, 0.25) is 0 Å². The summed E-state index contributed by atoms with van der Waals surface area (Å²) in [5.74, 6) is 0. The second-order valence-electron chi connectivity index (χ2n) is 5.35. The summed E-state index contributed by atoms with van der Waals surface area (Å²) in [7, 11) is 0. The highest BCUT2D eigenvalue weighted by Gasteiger charge is 2.27. The van der Waals surface area contributed by atoms with Crippen molar-refractivity contribution in [2.45, 2.75) is 46.5 Å². The number of rotatable bonds is 2. The van der Waals surface area contributed by atoms with Crippen molar-refractivity contribution in [3.05, 3.63) is 49.8 Å². The van der Waals surface area contributed by atoms with Crippen molar-refractivity contribution >= 4 is 17.1 Å². The molecule has 4 heteroatoms. The molecule has 0 atom stereocenters. The second-order valence-corrected chi connectivity index (χ2v) is 5.35. The Morgan fingerprint density at radius 3 is 2.50 bits per heavy atom. The molecule has 4 nitrogen and oxygen atoms in total. The Morgan fingerprint density at radius 2 is 1.86 bits per heavy atom. The van der Waals surface area contributed by atoms with E-state index in [0.29, 0.717) is 5.69 Å². The monoisotopic (exact) mass is 300 g/mol. The van der Waals surface area contributed by atoms with E-state index in [1.54, 1.807) is 0 Å². The van der Waals surface area contributed by atoms with E-state index in [2.05, 4.69) is 25.1 Å². The van der Waals surface area contributed by atoms with Gasteiger partial charge in [0.1, 0.15) is 11.4 Å². The van der Waals surface area contributed by atoms with Crippen LogP contribution in [0.5, 0.6) is 0 Å². The van der Waals surface area contributed by atoms with Gasteiger partial charge in [-0.15, -0.1) is 0 Å². The van der Waals surface area contributed by atoms with Crippen LogP contribution in [0, 0.1) is 0 Å². The third-order valence-electron chi connectivity index (χ3n) is 4.12. The van der Waals surface area contributed by atoms with E-state index in [1.165, 1.54) is 11.1 Å². The molecule has 118 valence electrons. The van der Waals surface area contributed by atoms with Crippen molar-refractivity contribution < 1.29 is 0 Å². The molecular formula is C18H24N2O2. The Bertz CT molecular complexity index is 727. The van der Waals surface area contributed by atoms with Crippen LogP contribution in [-0.4, -0.2) is 6.54 Å². The third-order valence-corrected chi connectivity index (χ3v) is 4.12. The van der Waals surface area contributed by atoms with Crippen LogP contribution in [0.4, 0.5) is 17.1 Å². The lowest BCUT2D eigenvalue weighted by Gasteiger charge is -2.27. The van der Waals surface area contributed by atoms with E-state index in [4.69, 9.17) is 5.73 Å². The molecule has 3 rings (SSSR count). The Balaban J connectivity index is 0.000000847. The number of aryl methyl sites for hydroxylation is 2. The minimum Gasteiger partial charge on any atom is -0.394 e. The van der Waals surface area contributed by atoms with Crippen LogP contribution in [0.25, 0.3) is 0 Å². The van der Waals surface area contributed by atoms with Gasteiger partial charge in [-0.25, -0.2) is 0 Å². The number of nitrogens with zero attached hydrogens (tertiary/aromatic N) is 1. The minimum absolute atomic E-state index is 0.116. The maximum absolute atomic E-state index is 11.8. The average Bonchev–Trinajstić information content (AvgIpc) is 2.78. The maximum Gasteiger partial charge on any atom is 0.253 e. The first kappa shape index (κ1) is 16.3. The summed E-state index contributed by atoms with van der Waals surface area (Å²) < 4.78 is 0. The molecule has 22 heavy (non-hydrogen) atoms. The van der Waals surface area contributed by atoms with E-state index in [0.717, 1.165) is 37.9 Å². The van der Waals surface area contributed by atoms with E-state index in [-0.39, 0.29) is 5.69 Å². The number of nitrogen functional groups attached to an aromatic ring is 1. The molecule has 0 saturated carbocycles. The highest BCUT2D eigenvalue weighted by Crippen LogP contribution is 2.34. The molecule has 0 spiro atoms. The van der Waals surface area contributed by atoms with Crippen molar-refractivity contribution in [3.63, 3.8) is 0 Å². The lowest BCUT2D eigenvalue weighted by molar-refractivity contribution is 0.759. The third kappa shape index (κ3) is 2.65. The predicted molar refractivity (Wildman–Crippen MR) is 92.9 cm³/mol. The van der Waals surface area contributed by atoms with Crippen molar-refractivity contribution in [1.82, 2.24) is 0 Å². The van der Waals surface area contributed by atoms with E-state index in [9.17, 15) is 9.59 Å². The molecular weight excluding hydrogens is 276 g/mol. The van der Waals surface area contributed by atoms with Gasteiger partial charge >= 0.3 is 0 Å². The van der Waals surface area contributed by atoms with Gasteiger partial charge in [0, 0.05) is 12.2 Å². The molecule has 0 amide bonds. The average molecular weight is 300 g/mol. The number of fused-ring (bicyclic) bond motifs is 1. The zero-order chi connectivity index (χ0) is 16.3. The molecule has 1 aliphatic heterocycles. The molecule has 2 aromatic carbocycles. The summed E-state index contributed by atoms with van der Waals surface area (Å²) in [4.78, 5) is 25.1. The van der Waals surface area contributed by atoms with Gasteiger partial charge in [-0.05, 0) is 42.9 Å². The molecule has 1 aliphatic rings. The Hall–Kier alpha value is -2.10. The number of hydrogen-bond donors (Lipinski definition) is 1. The van der Waals surface area contributed by atoms with E-state index < -0.39 is 10.9 Å². The summed E-state index contributed by atoms with van der Waals surface area (Å²) in [6, 6.07) is 6.39. The van der Waals surface area contributed by atoms with Crippen molar-refractivity contribution in [2.24, 2.45) is 0 Å². The minimum atomic E-state index is -0.544. The lowest BCUT2D eigenvalue weighted by Crippen LogP contribution is -2.41. The largest absolute Gasteiger partial charge is 0.394 e. The summed E-state index contributed by atoms with van der Waals surface area (Å²) >= 11 is 0. The van der Waals surface area contributed by atoms with Crippen LogP contribution in [0.1, 0.15) is 44.7 Å². The molecule has 0 aromatic heterocycles. The molecule has 0 saturated heterocycles. The number of benzene rings is 1. The van der Waals surface area contributed by atoms with Gasteiger partial charge < -0.3 is 10.6 Å². The van der Waals surface area contributed by atoms with Gasteiger partial charge in [0.2, 0.25) is 0 Å². The quantitative estimate of drug-likeness (QED) is 0.866. The van der Waals surface area contributed by atoms with Crippen molar-refractivity contribution in [2.75, 3.05) is 17.2 Å². The maximum atomic E-state index is 11.8. The van der Waals surface area contributed by atoms with Gasteiger partial charge in [0.05, 0.1) is 0 Å². The normalized spacial score (nSPS) is 14.0. The first-order valence-corrected chi connectivity index (χ1v) is 8.11. The number of anilines is 3. The number of nitrogens with two attached hydrogens (primary N) is 1. The highest BCUT2D eigenvalue weighted by atomic mass is 16.2. The first-order chi connectivity index (χ1) is 10.6. The van der Waals surface area contributed by atoms with Gasteiger partial charge in [-0.3, -0.25) is 9.59 Å². The lowest BCUT2D eigenvalue weighted by atomic mass is 10.0. The highest BCUT2D eigenvalue weighted by molar-refractivity contribution is 5.80. The van der Waals surface area contributed by atoms with Crippen LogP contribution in [-0.2, 0) is 12.8 Å². The fraction of sp³-hybridized carbons (Fsp3) is 0.444. The SMILES string of the molecule is CC.CCc1ccc2c(c1)N(c1c(N)c(=O)c1=O)CCCC2. The topological polar surface area (TPSA) is 63.4 Å².